The molecule has 0 aliphatic heterocycles. The average Bonchev–Trinajstić information content (AvgIpc) is 3.45. The lowest BCUT2D eigenvalue weighted by atomic mass is 10.2. The van der Waals surface area contributed by atoms with Gasteiger partial charge in [0.2, 0.25) is 5.91 Å². The molecule has 0 spiro atoms. The second-order valence-electron chi connectivity index (χ2n) is 8.16. The molecule has 0 saturated heterocycles. The number of pyridine rings is 1. The summed E-state index contributed by atoms with van der Waals surface area (Å²) < 4.78 is 4.61. The predicted molar refractivity (Wildman–Crippen MR) is 135 cm³/mol. The highest BCUT2D eigenvalue weighted by atomic mass is 35.5. The predicted octanol–water partition coefficient (Wildman–Crippen LogP) is 2.63. The molecular weight excluding hydrogens is 490 g/mol. The smallest absolute Gasteiger partial charge is 0.315 e. The van der Waals surface area contributed by atoms with Gasteiger partial charge in [0.1, 0.15) is 6.54 Å². The van der Waals surface area contributed by atoms with Crippen LogP contribution in [0.3, 0.4) is 0 Å². The fourth-order valence-electron chi connectivity index (χ4n) is 3.94. The van der Waals surface area contributed by atoms with Crippen molar-refractivity contribution in [2.24, 2.45) is 14.1 Å². The number of thiazole rings is 1. The number of aryl methyl sites for hydroxylation is 2. The third-order valence-electron chi connectivity index (χ3n) is 5.76. The minimum Gasteiger partial charge on any atom is -0.315 e. The first-order valence-corrected chi connectivity index (χ1v) is 11.8. The number of amides is 1. The first kappa shape index (κ1) is 22.9. The highest BCUT2D eigenvalue weighted by molar-refractivity contribution is 7.22. The maximum atomic E-state index is 13.7. The molecule has 10 nitrogen and oxygen atoms in total. The standard InChI is InChI=1S/C23H20ClN7O3S/c1-13-7-15(24)8-16-18(13)27-22(35-16)31(10-14-5-4-6-25-9-14)17(32)11-30-12-26-20-19(30)21(33)29(3)23(34)28(20)2/h4-9,12H,10-11H2,1-3H3. The molecule has 12 heteroatoms. The number of hydrogen-bond acceptors (Lipinski definition) is 7. The molecule has 0 N–H and O–H groups in total. The van der Waals surface area contributed by atoms with Gasteiger partial charge in [-0.3, -0.25) is 28.6 Å². The third-order valence-corrected chi connectivity index (χ3v) is 7.00. The van der Waals surface area contributed by atoms with Crippen LogP contribution in [0.5, 0.6) is 0 Å². The molecule has 4 heterocycles. The summed E-state index contributed by atoms with van der Waals surface area (Å²) in [6.07, 6.45) is 4.75. The molecule has 5 aromatic rings. The highest BCUT2D eigenvalue weighted by Gasteiger charge is 2.23. The van der Waals surface area contributed by atoms with Crippen molar-refractivity contribution in [2.45, 2.75) is 20.0 Å². The number of benzene rings is 1. The van der Waals surface area contributed by atoms with Crippen LogP contribution in [0.1, 0.15) is 11.1 Å². The maximum Gasteiger partial charge on any atom is 0.332 e. The van der Waals surface area contributed by atoms with Gasteiger partial charge in [-0.25, -0.2) is 14.8 Å². The van der Waals surface area contributed by atoms with E-state index in [1.165, 1.54) is 40.9 Å². The van der Waals surface area contributed by atoms with E-state index in [9.17, 15) is 14.4 Å². The number of anilines is 1. The van der Waals surface area contributed by atoms with Crippen LogP contribution in [0.2, 0.25) is 5.02 Å². The number of halogens is 1. The molecule has 1 amide bonds. The van der Waals surface area contributed by atoms with Gasteiger partial charge >= 0.3 is 5.69 Å². The van der Waals surface area contributed by atoms with Gasteiger partial charge in [0.25, 0.3) is 5.56 Å². The van der Waals surface area contributed by atoms with Gasteiger partial charge in [0.05, 0.1) is 23.1 Å². The molecule has 5 rings (SSSR count). The van der Waals surface area contributed by atoms with Crippen molar-refractivity contribution < 1.29 is 4.79 Å². The quantitative estimate of drug-likeness (QED) is 0.360. The summed E-state index contributed by atoms with van der Waals surface area (Å²) in [7, 11) is 2.93. The van der Waals surface area contributed by atoms with Crippen LogP contribution in [0.15, 0.2) is 52.6 Å². The zero-order valence-electron chi connectivity index (χ0n) is 19.1. The van der Waals surface area contributed by atoms with Gasteiger partial charge in [-0.15, -0.1) is 0 Å². The van der Waals surface area contributed by atoms with Crippen molar-refractivity contribution in [3.63, 3.8) is 0 Å². The van der Waals surface area contributed by atoms with Crippen molar-refractivity contribution in [1.82, 2.24) is 28.7 Å². The maximum absolute atomic E-state index is 13.7. The first-order chi connectivity index (χ1) is 16.7. The number of rotatable bonds is 5. The van der Waals surface area contributed by atoms with E-state index in [1.54, 1.807) is 23.4 Å². The second kappa shape index (κ2) is 8.75. The fourth-order valence-corrected chi connectivity index (χ4v) is 5.38. The average molecular weight is 510 g/mol. The van der Waals surface area contributed by atoms with Crippen molar-refractivity contribution in [3.05, 3.63) is 80.0 Å². The van der Waals surface area contributed by atoms with Crippen LogP contribution < -0.4 is 16.1 Å². The van der Waals surface area contributed by atoms with Crippen LogP contribution in [0.4, 0.5) is 5.13 Å². The van der Waals surface area contributed by atoms with Crippen molar-refractivity contribution in [2.75, 3.05) is 4.90 Å². The molecule has 0 aliphatic carbocycles. The van der Waals surface area contributed by atoms with E-state index in [4.69, 9.17) is 16.6 Å². The molecule has 178 valence electrons. The Kier molecular flexibility index (Phi) is 5.73. The fraction of sp³-hybridized carbons (Fsp3) is 0.217. The number of carbonyl (C=O) groups is 1. The third kappa shape index (κ3) is 4.02. The summed E-state index contributed by atoms with van der Waals surface area (Å²) in [6.45, 7) is 1.99. The Labute approximate surface area is 207 Å². The Morgan fingerprint density at radius 1 is 1.20 bits per heavy atom. The highest BCUT2D eigenvalue weighted by Crippen LogP contribution is 2.34. The van der Waals surface area contributed by atoms with Crippen LogP contribution in [-0.2, 0) is 32.0 Å². The zero-order chi connectivity index (χ0) is 24.9. The van der Waals surface area contributed by atoms with Crippen LogP contribution in [0, 0.1) is 6.92 Å². The molecule has 35 heavy (non-hydrogen) atoms. The summed E-state index contributed by atoms with van der Waals surface area (Å²) >= 11 is 7.59. The van der Waals surface area contributed by atoms with Gasteiger partial charge < -0.3 is 4.57 Å². The molecule has 0 bridgehead atoms. The largest absolute Gasteiger partial charge is 0.332 e. The second-order valence-corrected chi connectivity index (χ2v) is 9.60. The molecule has 0 radical (unpaired) electrons. The van der Waals surface area contributed by atoms with Gasteiger partial charge in [-0.1, -0.05) is 29.0 Å². The van der Waals surface area contributed by atoms with Gasteiger partial charge in [-0.05, 0) is 36.2 Å². The molecule has 0 aliphatic rings. The molecule has 4 aromatic heterocycles. The molecule has 0 saturated carbocycles. The van der Waals surface area contributed by atoms with E-state index in [0.717, 1.165) is 25.9 Å². The van der Waals surface area contributed by atoms with Crippen molar-refractivity contribution >= 4 is 55.4 Å². The van der Waals surface area contributed by atoms with E-state index in [-0.39, 0.29) is 30.2 Å². The summed E-state index contributed by atoms with van der Waals surface area (Å²) in [5.41, 5.74) is 1.90. The van der Waals surface area contributed by atoms with Crippen molar-refractivity contribution in [1.29, 1.82) is 0 Å². The van der Waals surface area contributed by atoms with Gasteiger partial charge in [-0.2, -0.15) is 0 Å². The summed E-state index contributed by atoms with van der Waals surface area (Å²) in [6, 6.07) is 7.33. The van der Waals surface area contributed by atoms with Crippen LogP contribution in [0.25, 0.3) is 21.4 Å². The topological polar surface area (TPSA) is 108 Å². The van der Waals surface area contributed by atoms with E-state index in [1.807, 2.05) is 25.1 Å². The van der Waals surface area contributed by atoms with E-state index in [0.29, 0.717) is 10.2 Å². The number of imidazole rings is 1. The number of fused-ring (bicyclic) bond motifs is 2. The van der Waals surface area contributed by atoms with Crippen LogP contribution >= 0.6 is 22.9 Å². The zero-order valence-corrected chi connectivity index (χ0v) is 20.7. The Bertz CT molecular complexity index is 1720. The van der Waals surface area contributed by atoms with Crippen molar-refractivity contribution in [3.8, 4) is 0 Å². The lowest BCUT2D eigenvalue weighted by molar-refractivity contribution is -0.119. The summed E-state index contributed by atoms with van der Waals surface area (Å²) in [4.78, 5) is 53.4. The molecule has 1 aromatic carbocycles. The number of carbonyl (C=O) groups excluding carboxylic acids is 1. The molecule has 0 fully saturated rings. The first-order valence-electron chi connectivity index (χ1n) is 10.6. The molecule has 0 atom stereocenters. The van der Waals surface area contributed by atoms with Gasteiger partial charge in [0.15, 0.2) is 16.3 Å². The SMILES string of the molecule is Cc1cc(Cl)cc2sc(N(Cc3cccnc3)C(=O)Cn3cnc4c3c(=O)n(C)c(=O)n4C)nc12. The minimum absolute atomic E-state index is 0.167. The lowest BCUT2D eigenvalue weighted by Crippen LogP contribution is -2.38. The number of aromatic nitrogens is 6. The normalized spacial score (nSPS) is 11.4. The minimum atomic E-state index is -0.516. The molecular formula is C23H20ClN7O3S. The van der Waals surface area contributed by atoms with Gasteiger partial charge in [0, 0.05) is 31.5 Å². The van der Waals surface area contributed by atoms with Crippen LogP contribution in [-0.4, -0.2) is 34.6 Å². The summed E-state index contributed by atoms with van der Waals surface area (Å²) in [5.74, 6) is -0.299. The number of hydrogen-bond donors (Lipinski definition) is 0. The monoisotopic (exact) mass is 509 g/mol. The Morgan fingerprint density at radius 3 is 2.74 bits per heavy atom. The Hall–Kier alpha value is -3.83. The van der Waals surface area contributed by atoms with E-state index in [2.05, 4.69) is 9.97 Å². The Morgan fingerprint density at radius 2 is 2.00 bits per heavy atom. The number of nitrogens with zero attached hydrogens (tertiary/aromatic N) is 7. The Balaban J connectivity index is 1.59. The van der Waals surface area contributed by atoms with E-state index >= 15 is 0 Å². The lowest BCUT2D eigenvalue weighted by Gasteiger charge is -2.20. The summed E-state index contributed by atoms with van der Waals surface area (Å²) in [5, 5.41) is 1.10. The molecule has 0 unspecified atom stereocenters. The van der Waals surface area contributed by atoms with E-state index < -0.39 is 11.2 Å².